The molecule has 0 saturated heterocycles. The summed E-state index contributed by atoms with van der Waals surface area (Å²) in [6.07, 6.45) is -1.68. The molecule has 3 nitrogen and oxygen atoms in total. The van der Waals surface area contributed by atoms with Crippen LogP contribution in [0.5, 0.6) is 5.75 Å². The lowest BCUT2D eigenvalue weighted by Gasteiger charge is -2.04. The number of nitrogens with zero attached hydrogens (tertiary/aromatic N) is 1. The van der Waals surface area contributed by atoms with Gasteiger partial charge in [-0.1, -0.05) is 0 Å². The third-order valence-electron chi connectivity index (χ3n) is 3.30. The second-order valence-corrected chi connectivity index (χ2v) is 5.78. The summed E-state index contributed by atoms with van der Waals surface area (Å²) in [6, 6.07) is 4.16. The van der Waals surface area contributed by atoms with Crippen LogP contribution >= 0.6 is 11.3 Å². The van der Waals surface area contributed by atoms with Gasteiger partial charge >= 0.3 is 0 Å². The van der Waals surface area contributed by atoms with Crippen molar-refractivity contribution in [3.05, 3.63) is 52.5 Å². The molecule has 0 bridgehead atoms. The summed E-state index contributed by atoms with van der Waals surface area (Å²) in [4.78, 5) is 4.00. The van der Waals surface area contributed by atoms with E-state index >= 15 is 0 Å². The Morgan fingerprint density at radius 2 is 1.96 bits per heavy atom. The van der Waals surface area contributed by atoms with Crippen LogP contribution in [0, 0.1) is 0 Å². The third-order valence-corrected chi connectivity index (χ3v) is 4.33. The summed E-state index contributed by atoms with van der Waals surface area (Å²) < 4.78 is 57.0. The van der Waals surface area contributed by atoms with Crippen molar-refractivity contribution in [1.29, 1.82) is 0 Å². The zero-order valence-corrected chi connectivity index (χ0v) is 12.5. The van der Waals surface area contributed by atoms with Crippen molar-refractivity contribution in [3.8, 4) is 5.75 Å². The molecule has 2 aromatic rings. The molecule has 0 aliphatic heterocycles. The number of fused-ring (bicyclic) bond motifs is 1. The predicted octanol–water partition coefficient (Wildman–Crippen LogP) is 4.29. The number of aromatic nitrogens is 1. The number of alkyl halides is 1. The highest BCUT2D eigenvalue weighted by molar-refractivity contribution is 7.19. The first-order chi connectivity index (χ1) is 10.9. The van der Waals surface area contributed by atoms with Crippen molar-refractivity contribution in [2.75, 3.05) is 7.05 Å². The Morgan fingerprint density at radius 3 is 2.65 bits per heavy atom. The molecular formula is C15H10F4N2OS. The minimum absolute atomic E-state index is 0.0484. The minimum atomic E-state index is -2.30. The van der Waals surface area contributed by atoms with Gasteiger partial charge in [0.2, 0.25) is 0 Å². The molecule has 23 heavy (non-hydrogen) atoms. The number of aromatic hydroxyl groups is 1. The Kier molecular flexibility index (Phi) is 3.85. The van der Waals surface area contributed by atoms with Crippen LogP contribution in [0.4, 0.5) is 17.6 Å². The molecule has 1 aromatic carbocycles. The number of thiazole rings is 1. The third kappa shape index (κ3) is 2.59. The van der Waals surface area contributed by atoms with Crippen molar-refractivity contribution in [1.82, 2.24) is 10.3 Å². The monoisotopic (exact) mass is 342 g/mol. The Balaban J connectivity index is 2.22. The number of nitrogens with one attached hydrogen (secondary N) is 1. The van der Waals surface area contributed by atoms with Crippen LogP contribution in [-0.2, 0) is 0 Å². The molecule has 0 saturated carbocycles. The van der Waals surface area contributed by atoms with Gasteiger partial charge in [0.25, 0.3) is 0 Å². The van der Waals surface area contributed by atoms with Gasteiger partial charge in [0, 0.05) is 7.05 Å². The average molecular weight is 342 g/mol. The lowest BCUT2D eigenvalue weighted by Crippen LogP contribution is -2.09. The maximum Gasteiger partial charge on any atom is 0.182 e. The van der Waals surface area contributed by atoms with Crippen molar-refractivity contribution in [2.45, 2.75) is 6.17 Å². The Labute approximate surface area is 132 Å². The van der Waals surface area contributed by atoms with Gasteiger partial charge in [0.05, 0.1) is 21.5 Å². The quantitative estimate of drug-likeness (QED) is 0.801. The van der Waals surface area contributed by atoms with Crippen LogP contribution in [-0.4, -0.2) is 23.3 Å². The van der Waals surface area contributed by atoms with E-state index in [1.54, 1.807) is 0 Å². The number of hydrogen-bond acceptors (Lipinski definition) is 4. The summed E-state index contributed by atoms with van der Waals surface area (Å²) in [5.41, 5.74) is -0.964. The fourth-order valence-corrected chi connectivity index (χ4v) is 3.21. The van der Waals surface area contributed by atoms with Crippen LogP contribution < -0.4 is 5.32 Å². The topological polar surface area (TPSA) is 45.2 Å². The number of phenolic OH excluding ortho intramolecular Hbond substituents is 1. The minimum Gasteiger partial charge on any atom is -0.508 e. The molecule has 1 unspecified atom stereocenters. The van der Waals surface area contributed by atoms with Gasteiger partial charge in [-0.05, 0) is 24.3 Å². The van der Waals surface area contributed by atoms with Crippen LogP contribution in [0.1, 0.15) is 5.01 Å². The first kappa shape index (κ1) is 15.5. The summed E-state index contributed by atoms with van der Waals surface area (Å²) in [5, 5.41) is 11.5. The number of halogens is 4. The number of benzene rings is 1. The van der Waals surface area contributed by atoms with Crippen molar-refractivity contribution in [2.24, 2.45) is 0 Å². The lowest BCUT2D eigenvalue weighted by atomic mass is 10.2. The molecule has 0 amide bonds. The smallest absolute Gasteiger partial charge is 0.182 e. The fourth-order valence-electron chi connectivity index (χ4n) is 2.17. The van der Waals surface area contributed by atoms with Gasteiger partial charge in [-0.15, -0.1) is 11.3 Å². The van der Waals surface area contributed by atoms with Gasteiger partial charge in [-0.3, -0.25) is 0 Å². The standard InChI is InChI=1S/C15H10F4N2OS/c1-20-9-5-7(16)12(17)11(14(19)13(9)18)15-21-8-3-2-6(22)4-10(8)23-15/h2-5,7,20,22H,1H3. The molecular weight excluding hydrogens is 332 g/mol. The van der Waals surface area contributed by atoms with E-state index < -0.39 is 34.9 Å². The Morgan fingerprint density at radius 1 is 1.22 bits per heavy atom. The molecule has 0 spiro atoms. The van der Waals surface area contributed by atoms with Crippen LogP contribution in [0.15, 0.2) is 47.5 Å². The first-order valence-corrected chi connectivity index (χ1v) is 7.33. The molecule has 1 heterocycles. The molecule has 1 atom stereocenters. The number of likely N-dealkylation sites (N-methyl/N-ethyl adjacent to an activating group) is 1. The number of allylic oxidation sites excluding steroid dienone is 5. The van der Waals surface area contributed by atoms with E-state index in [1.165, 1.54) is 25.2 Å². The van der Waals surface area contributed by atoms with Gasteiger partial charge in [-0.2, -0.15) is 0 Å². The van der Waals surface area contributed by atoms with Gasteiger partial charge in [-0.25, -0.2) is 22.5 Å². The molecule has 0 fully saturated rings. The summed E-state index contributed by atoms with van der Waals surface area (Å²) in [5.74, 6) is -4.41. The highest BCUT2D eigenvalue weighted by atomic mass is 32.1. The van der Waals surface area contributed by atoms with Crippen molar-refractivity contribution >= 4 is 27.1 Å². The number of rotatable bonds is 2. The van der Waals surface area contributed by atoms with Crippen LogP contribution in [0.25, 0.3) is 15.8 Å². The molecule has 1 aliphatic rings. The first-order valence-electron chi connectivity index (χ1n) is 6.51. The lowest BCUT2D eigenvalue weighted by molar-refractivity contribution is 0.382. The maximum atomic E-state index is 14.3. The number of phenols is 1. The van der Waals surface area contributed by atoms with Crippen molar-refractivity contribution in [3.63, 3.8) is 0 Å². The van der Waals surface area contributed by atoms with E-state index in [0.29, 0.717) is 16.3 Å². The predicted molar refractivity (Wildman–Crippen MR) is 80.6 cm³/mol. The normalized spacial score (nSPS) is 19.2. The van der Waals surface area contributed by atoms with E-state index in [2.05, 4.69) is 10.3 Å². The summed E-state index contributed by atoms with van der Waals surface area (Å²) >= 11 is 0.828. The summed E-state index contributed by atoms with van der Waals surface area (Å²) in [6.45, 7) is 0. The molecule has 3 rings (SSSR count). The van der Waals surface area contributed by atoms with E-state index in [9.17, 15) is 22.7 Å². The highest BCUT2D eigenvalue weighted by Crippen LogP contribution is 2.41. The molecule has 1 aromatic heterocycles. The SMILES string of the molecule is CNC1=CC(F)C(F)=C(c2nc3ccc(O)cc3s2)C(F)=C1F. The zero-order valence-electron chi connectivity index (χ0n) is 11.7. The second-order valence-electron chi connectivity index (χ2n) is 4.75. The Bertz CT molecular complexity index is 885. The van der Waals surface area contributed by atoms with Crippen LogP contribution in [0.3, 0.4) is 0 Å². The number of hydrogen-bond donors (Lipinski definition) is 2. The molecule has 0 radical (unpaired) electrons. The van der Waals surface area contributed by atoms with Crippen LogP contribution in [0.2, 0.25) is 0 Å². The zero-order chi connectivity index (χ0) is 16.7. The Hall–Kier alpha value is -2.35. The molecule has 120 valence electrons. The molecule has 2 N–H and O–H groups in total. The average Bonchev–Trinajstić information content (AvgIpc) is 2.90. The van der Waals surface area contributed by atoms with E-state index in [0.717, 1.165) is 11.3 Å². The summed E-state index contributed by atoms with van der Waals surface area (Å²) in [7, 11) is 1.27. The van der Waals surface area contributed by atoms with E-state index in [-0.39, 0.29) is 10.8 Å². The fraction of sp³-hybridized carbons (Fsp3) is 0.133. The van der Waals surface area contributed by atoms with Crippen molar-refractivity contribution < 1.29 is 22.7 Å². The van der Waals surface area contributed by atoms with Gasteiger partial charge < -0.3 is 10.4 Å². The van der Waals surface area contributed by atoms with E-state index in [1.807, 2.05) is 0 Å². The largest absolute Gasteiger partial charge is 0.508 e. The van der Waals surface area contributed by atoms with E-state index in [4.69, 9.17) is 0 Å². The second kappa shape index (κ2) is 5.69. The maximum absolute atomic E-state index is 14.3. The molecule has 1 aliphatic carbocycles. The van der Waals surface area contributed by atoms with Gasteiger partial charge in [0.1, 0.15) is 10.8 Å². The highest BCUT2D eigenvalue weighted by Gasteiger charge is 2.31. The van der Waals surface area contributed by atoms with Gasteiger partial charge in [0.15, 0.2) is 23.7 Å². The molecule has 8 heteroatoms.